The molecule has 1 atom stereocenters. The molecule has 0 aromatic heterocycles. The van der Waals surface area contributed by atoms with E-state index in [0.717, 1.165) is 0 Å². The highest BCUT2D eigenvalue weighted by atomic mass is 16.5. The largest absolute Gasteiger partial charge is 0.479 e. The molecule has 0 aromatic carbocycles. The minimum atomic E-state index is -0.961. The number of carboxylic acid groups (broad SMARTS) is 1. The lowest BCUT2D eigenvalue weighted by Gasteiger charge is -2.04. The van der Waals surface area contributed by atoms with Gasteiger partial charge >= 0.3 is 5.97 Å². The normalized spacial score (nSPS) is 12.0. The van der Waals surface area contributed by atoms with E-state index in [0.29, 0.717) is 13.0 Å². The van der Waals surface area contributed by atoms with Gasteiger partial charge in [-0.3, -0.25) is 0 Å². The van der Waals surface area contributed by atoms with Crippen LogP contribution in [0.4, 0.5) is 0 Å². The second-order valence-corrected chi connectivity index (χ2v) is 1.81. The van der Waals surface area contributed by atoms with E-state index in [1.165, 1.54) is 6.92 Å². The second-order valence-electron chi connectivity index (χ2n) is 1.81. The Bertz CT molecular complexity index is 145. The molecule has 10 heavy (non-hydrogen) atoms. The smallest absolute Gasteiger partial charge is 0.332 e. The highest BCUT2D eigenvalue weighted by Crippen LogP contribution is 1.90. The zero-order chi connectivity index (χ0) is 7.98. The van der Waals surface area contributed by atoms with Crippen LogP contribution >= 0.6 is 0 Å². The Morgan fingerprint density at radius 3 is 2.90 bits per heavy atom. The second kappa shape index (κ2) is 4.83. The minimum absolute atomic E-state index is 0.309. The van der Waals surface area contributed by atoms with Gasteiger partial charge in [0.25, 0.3) is 0 Å². The first kappa shape index (κ1) is 8.99. The van der Waals surface area contributed by atoms with E-state index in [4.69, 9.17) is 16.3 Å². The quantitative estimate of drug-likeness (QED) is 0.459. The van der Waals surface area contributed by atoms with Gasteiger partial charge in [-0.15, -0.1) is 12.3 Å². The molecule has 3 heteroatoms. The SMILES string of the molecule is C#CCCO[C@@H](C)C(=O)O. The van der Waals surface area contributed by atoms with E-state index >= 15 is 0 Å². The monoisotopic (exact) mass is 142 g/mol. The Kier molecular flexibility index (Phi) is 4.34. The Morgan fingerprint density at radius 1 is 1.90 bits per heavy atom. The molecule has 1 N–H and O–H groups in total. The molecule has 0 unspecified atom stereocenters. The lowest BCUT2D eigenvalue weighted by Crippen LogP contribution is -2.20. The average Bonchev–Trinajstić information content (AvgIpc) is 1.88. The van der Waals surface area contributed by atoms with E-state index in [2.05, 4.69) is 5.92 Å². The number of rotatable bonds is 4. The van der Waals surface area contributed by atoms with Gasteiger partial charge in [-0.25, -0.2) is 4.79 Å². The van der Waals surface area contributed by atoms with E-state index in [1.54, 1.807) is 0 Å². The van der Waals surface area contributed by atoms with E-state index < -0.39 is 12.1 Å². The highest BCUT2D eigenvalue weighted by Gasteiger charge is 2.08. The zero-order valence-corrected chi connectivity index (χ0v) is 5.83. The molecule has 0 aliphatic rings. The topological polar surface area (TPSA) is 46.5 Å². The Labute approximate surface area is 60.0 Å². The van der Waals surface area contributed by atoms with Crippen molar-refractivity contribution in [2.45, 2.75) is 19.4 Å². The molecule has 0 aliphatic heterocycles. The lowest BCUT2D eigenvalue weighted by atomic mass is 10.4. The summed E-state index contributed by atoms with van der Waals surface area (Å²) in [5.74, 6) is 1.38. The van der Waals surface area contributed by atoms with Crippen LogP contribution < -0.4 is 0 Å². The van der Waals surface area contributed by atoms with Crippen LogP contribution in [0.1, 0.15) is 13.3 Å². The molecule has 0 heterocycles. The maximum Gasteiger partial charge on any atom is 0.332 e. The van der Waals surface area contributed by atoms with Crippen LogP contribution in [-0.2, 0) is 9.53 Å². The average molecular weight is 142 g/mol. The molecule has 0 saturated heterocycles. The number of carbonyl (C=O) groups is 1. The van der Waals surface area contributed by atoms with E-state index in [1.807, 2.05) is 0 Å². The molecule has 0 saturated carbocycles. The maximum absolute atomic E-state index is 10.1. The van der Waals surface area contributed by atoms with Crippen molar-refractivity contribution in [1.29, 1.82) is 0 Å². The van der Waals surface area contributed by atoms with Crippen molar-refractivity contribution in [2.24, 2.45) is 0 Å². The van der Waals surface area contributed by atoms with Crippen molar-refractivity contribution in [1.82, 2.24) is 0 Å². The summed E-state index contributed by atoms with van der Waals surface area (Å²) < 4.78 is 4.80. The Balaban J connectivity index is 3.32. The molecule has 56 valence electrons. The van der Waals surface area contributed by atoms with Crippen LogP contribution in [0.5, 0.6) is 0 Å². The Morgan fingerprint density at radius 2 is 2.50 bits per heavy atom. The molecule has 0 aliphatic carbocycles. The maximum atomic E-state index is 10.1. The first-order chi connectivity index (χ1) is 4.68. The molecule has 0 fully saturated rings. The van der Waals surface area contributed by atoms with Crippen LogP contribution in [0.3, 0.4) is 0 Å². The van der Waals surface area contributed by atoms with Gasteiger partial charge in [0, 0.05) is 6.42 Å². The van der Waals surface area contributed by atoms with Gasteiger partial charge in [-0.05, 0) is 6.92 Å². The summed E-state index contributed by atoms with van der Waals surface area (Å²) >= 11 is 0. The van der Waals surface area contributed by atoms with Gasteiger partial charge in [-0.1, -0.05) is 0 Å². The third kappa shape index (κ3) is 3.93. The van der Waals surface area contributed by atoms with E-state index in [9.17, 15) is 4.79 Å². The summed E-state index contributed by atoms with van der Waals surface area (Å²) in [5, 5.41) is 8.30. The minimum Gasteiger partial charge on any atom is -0.479 e. The van der Waals surface area contributed by atoms with Gasteiger partial charge in [-0.2, -0.15) is 0 Å². The molecular weight excluding hydrogens is 132 g/mol. The summed E-state index contributed by atoms with van der Waals surface area (Å²) in [4.78, 5) is 10.1. The van der Waals surface area contributed by atoms with Gasteiger partial charge in [0.1, 0.15) is 0 Å². The lowest BCUT2D eigenvalue weighted by molar-refractivity contribution is -0.148. The third-order valence-corrected chi connectivity index (χ3v) is 0.962. The number of hydrogen-bond donors (Lipinski definition) is 1. The molecule has 3 nitrogen and oxygen atoms in total. The third-order valence-electron chi connectivity index (χ3n) is 0.962. The summed E-state index contributed by atoms with van der Waals surface area (Å²) in [6.07, 6.45) is 4.61. The van der Waals surface area contributed by atoms with Crippen LogP contribution in [0.2, 0.25) is 0 Å². The van der Waals surface area contributed by atoms with Gasteiger partial charge in [0.05, 0.1) is 6.61 Å². The standard InChI is InChI=1S/C7H10O3/c1-3-4-5-10-6(2)7(8)9/h1,6H,4-5H2,2H3,(H,8,9)/t6-/m0/s1. The number of ether oxygens (including phenoxy) is 1. The van der Waals surface area contributed by atoms with Crippen molar-refractivity contribution >= 4 is 5.97 Å². The highest BCUT2D eigenvalue weighted by molar-refractivity contribution is 5.71. The summed E-state index contributed by atoms with van der Waals surface area (Å²) in [6, 6.07) is 0. The van der Waals surface area contributed by atoms with Crippen LogP contribution in [0, 0.1) is 12.3 Å². The van der Waals surface area contributed by atoms with Crippen molar-refractivity contribution in [3.63, 3.8) is 0 Å². The van der Waals surface area contributed by atoms with Crippen molar-refractivity contribution in [2.75, 3.05) is 6.61 Å². The molecule has 0 bridgehead atoms. The predicted octanol–water partition coefficient (Wildman–Crippen LogP) is 0.499. The first-order valence-electron chi connectivity index (χ1n) is 2.96. The van der Waals surface area contributed by atoms with Crippen molar-refractivity contribution in [3.8, 4) is 12.3 Å². The summed E-state index contributed by atoms with van der Waals surface area (Å²) in [7, 11) is 0. The van der Waals surface area contributed by atoms with E-state index in [-0.39, 0.29) is 0 Å². The number of hydrogen-bond acceptors (Lipinski definition) is 2. The van der Waals surface area contributed by atoms with Crippen molar-refractivity contribution in [3.05, 3.63) is 0 Å². The molecule has 0 radical (unpaired) electrons. The van der Waals surface area contributed by atoms with Crippen LogP contribution in [-0.4, -0.2) is 23.8 Å². The fourth-order valence-electron chi connectivity index (χ4n) is 0.366. The van der Waals surface area contributed by atoms with Crippen molar-refractivity contribution < 1.29 is 14.6 Å². The zero-order valence-electron chi connectivity index (χ0n) is 5.83. The fraction of sp³-hybridized carbons (Fsp3) is 0.571. The van der Waals surface area contributed by atoms with Crippen LogP contribution in [0.25, 0.3) is 0 Å². The number of carboxylic acids is 1. The number of terminal acetylenes is 1. The Hall–Kier alpha value is -1.01. The summed E-state index contributed by atoms with van der Waals surface area (Å²) in [5.41, 5.74) is 0. The molecule has 0 aromatic rings. The number of aliphatic carboxylic acids is 1. The van der Waals surface area contributed by atoms with Crippen LogP contribution in [0.15, 0.2) is 0 Å². The first-order valence-corrected chi connectivity index (χ1v) is 2.96. The molecular formula is C7H10O3. The predicted molar refractivity (Wildman–Crippen MR) is 36.5 cm³/mol. The van der Waals surface area contributed by atoms with Gasteiger partial charge in [0.15, 0.2) is 6.10 Å². The molecule has 0 amide bonds. The molecule has 0 spiro atoms. The van der Waals surface area contributed by atoms with Gasteiger partial charge in [0.2, 0.25) is 0 Å². The fourth-order valence-corrected chi connectivity index (χ4v) is 0.366. The van der Waals surface area contributed by atoms with Gasteiger partial charge < -0.3 is 9.84 Å². The molecule has 0 rings (SSSR count). The summed E-state index contributed by atoms with van der Waals surface area (Å²) in [6.45, 7) is 1.78.